The van der Waals surface area contributed by atoms with E-state index in [0.29, 0.717) is 5.92 Å². The Labute approximate surface area is 409 Å². The molecule has 2 aromatic rings. The van der Waals surface area contributed by atoms with Gasteiger partial charge in [0.2, 0.25) is 0 Å². The molecule has 0 spiro atoms. The van der Waals surface area contributed by atoms with Crippen LogP contribution in [-0.2, 0) is 10.8 Å². The smallest absolute Gasteiger partial charge is 0.0235 e. The lowest BCUT2D eigenvalue weighted by atomic mass is 9.69. The van der Waals surface area contributed by atoms with Crippen molar-refractivity contribution in [3.05, 3.63) is 122 Å². The SMILES string of the molecule is CCCCCCCCC1(CCCCCCCC)c2cc(/C(C)=C(/C=C(\CCC)C3CC=C(/C(=C/C(CC)=C(\C)C(C)(C)C)C(C)CC)C(C)=C3N)CC)ccc2-c2ccc(C(C)(C)C)cc21. The molecular weight excluding hydrogens is 795 g/mol. The first kappa shape index (κ1) is 55.3. The predicted molar refractivity (Wildman–Crippen MR) is 296 cm³/mol. The number of fused-ring (bicyclic) bond motifs is 3. The Morgan fingerprint density at radius 1 is 0.697 bits per heavy atom. The Morgan fingerprint density at radius 2 is 1.24 bits per heavy atom. The van der Waals surface area contributed by atoms with Crippen LogP contribution in [0.3, 0.4) is 0 Å². The Bertz CT molecular complexity index is 2070. The quantitative estimate of drug-likeness (QED) is 0.0780. The van der Waals surface area contributed by atoms with Gasteiger partial charge in [0.15, 0.2) is 0 Å². The highest BCUT2D eigenvalue weighted by Gasteiger charge is 2.43. The number of unbranched alkanes of at least 4 members (excludes halogenated alkanes) is 10. The summed E-state index contributed by atoms with van der Waals surface area (Å²) in [7, 11) is 0. The second-order valence-corrected chi connectivity index (χ2v) is 23.0. The standard InChI is InChI=1S/C65H101N/c1-17-23-25-27-29-31-40-65(41-32-30-28-26-24-18-2)60-44-52(34-36-57(60)58-37-35-54(45-61(58)65)64(14,15)16)47(8)50(21-5)42-53(33-19-3)56-39-38-55(48(9)62(56)66)59(46(7)20-4)43-51(22-6)49(10)63(11,12)13/h34-38,42-46,56H,17-33,39-41,66H2,1-16H3/b50-47+,51-49+,53-42+,59-43+. The van der Waals surface area contributed by atoms with Crippen molar-refractivity contribution in [2.24, 2.45) is 23.0 Å². The molecule has 0 saturated carbocycles. The fraction of sp³-hybridized carbons (Fsp3) is 0.631. The van der Waals surface area contributed by atoms with E-state index in [9.17, 15) is 0 Å². The first-order valence-electron chi connectivity index (χ1n) is 27.6. The Kier molecular flexibility index (Phi) is 21.2. The van der Waals surface area contributed by atoms with Crippen molar-refractivity contribution < 1.29 is 0 Å². The predicted octanol–water partition coefficient (Wildman–Crippen LogP) is 20.6. The van der Waals surface area contributed by atoms with Crippen LogP contribution >= 0.6 is 0 Å². The van der Waals surface area contributed by atoms with Crippen LogP contribution in [0.5, 0.6) is 0 Å². The maximum atomic E-state index is 7.38. The van der Waals surface area contributed by atoms with Crippen molar-refractivity contribution in [3.63, 3.8) is 0 Å². The van der Waals surface area contributed by atoms with Gasteiger partial charge in [0, 0.05) is 17.0 Å². The maximum Gasteiger partial charge on any atom is 0.0235 e. The molecule has 2 aliphatic rings. The number of nitrogens with two attached hydrogens (primary N) is 1. The molecule has 0 heterocycles. The third-order valence-electron chi connectivity index (χ3n) is 16.3. The molecule has 0 fully saturated rings. The molecule has 1 nitrogen and oxygen atoms in total. The van der Waals surface area contributed by atoms with Gasteiger partial charge in [0.25, 0.3) is 0 Å². The number of hydrogen-bond donors (Lipinski definition) is 1. The van der Waals surface area contributed by atoms with E-state index < -0.39 is 0 Å². The zero-order valence-corrected chi connectivity index (χ0v) is 46.1. The second kappa shape index (κ2) is 25.3. The fourth-order valence-corrected chi connectivity index (χ4v) is 11.3. The highest BCUT2D eigenvalue weighted by Crippen LogP contribution is 2.56. The van der Waals surface area contributed by atoms with Crippen LogP contribution in [0.1, 0.15) is 261 Å². The van der Waals surface area contributed by atoms with Gasteiger partial charge in [-0.25, -0.2) is 0 Å². The van der Waals surface area contributed by atoms with E-state index in [-0.39, 0.29) is 22.2 Å². The Morgan fingerprint density at radius 3 is 1.76 bits per heavy atom. The van der Waals surface area contributed by atoms with Crippen LogP contribution in [0.15, 0.2) is 99.3 Å². The molecule has 2 atom stereocenters. The maximum absolute atomic E-state index is 7.38. The van der Waals surface area contributed by atoms with Gasteiger partial charge in [0.05, 0.1) is 0 Å². The highest BCUT2D eigenvalue weighted by molar-refractivity contribution is 5.84. The Hall–Kier alpha value is -3.32. The van der Waals surface area contributed by atoms with Crippen molar-refractivity contribution in [1.82, 2.24) is 0 Å². The van der Waals surface area contributed by atoms with Crippen molar-refractivity contribution in [1.29, 1.82) is 0 Å². The lowest BCUT2D eigenvalue weighted by molar-refractivity contribution is 0.397. The average molecular weight is 897 g/mol. The number of rotatable bonds is 25. The minimum absolute atomic E-state index is 0.0535. The molecule has 366 valence electrons. The molecule has 2 N–H and O–H groups in total. The van der Waals surface area contributed by atoms with E-state index in [4.69, 9.17) is 5.73 Å². The fourth-order valence-electron chi connectivity index (χ4n) is 11.3. The van der Waals surface area contributed by atoms with Gasteiger partial charge in [-0.15, -0.1) is 0 Å². The molecule has 0 bridgehead atoms. The molecule has 1 heteroatoms. The van der Waals surface area contributed by atoms with Gasteiger partial charge in [-0.1, -0.05) is 233 Å². The van der Waals surface area contributed by atoms with E-state index in [2.05, 4.69) is 165 Å². The van der Waals surface area contributed by atoms with Gasteiger partial charge >= 0.3 is 0 Å². The molecule has 4 rings (SSSR count). The summed E-state index contributed by atoms with van der Waals surface area (Å²) >= 11 is 0. The van der Waals surface area contributed by atoms with Crippen molar-refractivity contribution in [3.8, 4) is 11.1 Å². The van der Waals surface area contributed by atoms with Crippen LogP contribution in [0.4, 0.5) is 0 Å². The summed E-state index contributed by atoms with van der Waals surface area (Å²) in [5, 5.41) is 0. The summed E-state index contributed by atoms with van der Waals surface area (Å²) in [5.74, 6) is 0.691. The topological polar surface area (TPSA) is 26.0 Å². The van der Waals surface area contributed by atoms with Gasteiger partial charge in [-0.05, 0) is 155 Å². The van der Waals surface area contributed by atoms with Crippen molar-refractivity contribution in [2.75, 3.05) is 0 Å². The summed E-state index contributed by atoms with van der Waals surface area (Å²) in [6.07, 6.45) is 32.5. The monoisotopic (exact) mass is 896 g/mol. The molecule has 2 aromatic carbocycles. The summed E-state index contributed by atoms with van der Waals surface area (Å²) in [4.78, 5) is 0. The van der Waals surface area contributed by atoms with Crippen LogP contribution in [-0.4, -0.2) is 0 Å². The summed E-state index contributed by atoms with van der Waals surface area (Å²) < 4.78 is 0. The molecule has 0 aromatic heterocycles. The summed E-state index contributed by atoms with van der Waals surface area (Å²) in [6.45, 7) is 37.7. The van der Waals surface area contributed by atoms with Gasteiger partial charge in [-0.2, -0.15) is 0 Å². The molecule has 0 radical (unpaired) electrons. The molecule has 2 aliphatic carbocycles. The van der Waals surface area contributed by atoms with Gasteiger partial charge in [-0.3, -0.25) is 0 Å². The summed E-state index contributed by atoms with van der Waals surface area (Å²) in [5.41, 5.74) is 29.3. The van der Waals surface area contributed by atoms with Gasteiger partial charge < -0.3 is 5.73 Å². The first-order valence-corrected chi connectivity index (χ1v) is 27.6. The second-order valence-electron chi connectivity index (χ2n) is 23.0. The van der Waals surface area contributed by atoms with Crippen LogP contribution in [0, 0.1) is 17.3 Å². The third-order valence-corrected chi connectivity index (χ3v) is 16.3. The number of benzene rings is 2. The van der Waals surface area contributed by atoms with Crippen molar-refractivity contribution >= 4 is 5.57 Å². The van der Waals surface area contributed by atoms with E-state index in [1.807, 2.05) is 0 Å². The highest BCUT2D eigenvalue weighted by atomic mass is 14.6. The Balaban J connectivity index is 1.84. The van der Waals surface area contributed by atoms with E-state index in [1.165, 1.54) is 157 Å². The normalized spacial score (nSPS) is 17.9. The summed E-state index contributed by atoms with van der Waals surface area (Å²) in [6, 6.07) is 15.2. The minimum Gasteiger partial charge on any atom is -0.401 e. The number of allylic oxidation sites excluding steroid dienone is 11. The average Bonchev–Trinajstić information content (AvgIpc) is 3.55. The molecule has 2 unspecified atom stereocenters. The zero-order valence-electron chi connectivity index (χ0n) is 46.1. The molecule has 0 aliphatic heterocycles. The molecular formula is C65H101N. The molecule has 0 amide bonds. The molecule has 0 saturated heterocycles. The van der Waals surface area contributed by atoms with Crippen LogP contribution in [0.25, 0.3) is 16.7 Å². The largest absolute Gasteiger partial charge is 0.401 e. The minimum atomic E-state index is 0.0535. The van der Waals surface area contributed by atoms with Crippen molar-refractivity contribution in [2.45, 2.75) is 250 Å². The lowest BCUT2D eigenvalue weighted by Crippen LogP contribution is -2.26. The number of hydrogen-bond acceptors (Lipinski definition) is 1. The van der Waals surface area contributed by atoms with E-state index in [0.717, 1.165) is 44.2 Å². The lowest BCUT2D eigenvalue weighted by Gasteiger charge is -2.34. The molecule has 66 heavy (non-hydrogen) atoms. The third kappa shape index (κ3) is 13.5. The first-order chi connectivity index (χ1) is 31.3. The van der Waals surface area contributed by atoms with E-state index >= 15 is 0 Å². The zero-order chi connectivity index (χ0) is 48.8. The van der Waals surface area contributed by atoms with E-state index in [1.54, 1.807) is 11.1 Å². The van der Waals surface area contributed by atoms with Crippen LogP contribution in [0.2, 0.25) is 0 Å². The van der Waals surface area contributed by atoms with Crippen LogP contribution < -0.4 is 5.73 Å². The van der Waals surface area contributed by atoms with Gasteiger partial charge in [0.1, 0.15) is 0 Å².